The predicted octanol–water partition coefficient (Wildman–Crippen LogP) is 4.68. The molecule has 0 spiro atoms. The number of benzene rings is 3. The number of sulfonamides is 1. The van der Waals surface area contributed by atoms with Gasteiger partial charge in [-0.25, -0.2) is 17.5 Å². The molecule has 0 atom stereocenters. The number of esters is 1. The van der Waals surface area contributed by atoms with Gasteiger partial charge in [0.2, 0.25) is 10.0 Å². The molecule has 0 saturated carbocycles. The summed E-state index contributed by atoms with van der Waals surface area (Å²) in [5.74, 6) is -0.484. The Balaban J connectivity index is 1.50. The fourth-order valence-electron chi connectivity index (χ4n) is 2.79. The Bertz CT molecular complexity index is 1260. The van der Waals surface area contributed by atoms with E-state index in [0.29, 0.717) is 10.6 Å². The van der Waals surface area contributed by atoms with Gasteiger partial charge in [-0.05, 0) is 60.2 Å². The number of halogens is 1. The second-order valence-corrected chi connectivity index (χ2v) is 11.0. The van der Waals surface area contributed by atoms with Crippen LogP contribution in [0.2, 0.25) is 5.02 Å². The minimum Gasteiger partial charge on any atom is -0.452 e. The quantitative estimate of drug-likeness (QED) is 0.326. The van der Waals surface area contributed by atoms with Crippen molar-refractivity contribution in [3.63, 3.8) is 0 Å². The van der Waals surface area contributed by atoms with Crippen LogP contribution in [-0.2, 0) is 25.3 Å². The second kappa shape index (κ2) is 11.5. The van der Waals surface area contributed by atoms with Gasteiger partial charge in [0, 0.05) is 35.5 Å². The number of hydrogen-bond donors (Lipinski definition) is 1. The van der Waals surface area contributed by atoms with Crippen LogP contribution in [0.1, 0.15) is 15.9 Å². The first-order chi connectivity index (χ1) is 16.1. The van der Waals surface area contributed by atoms with Crippen LogP contribution in [-0.4, -0.2) is 45.3 Å². The Morgan fingerprint density at radius 3 is 2.32 bits per heavy atom. The molecule has 10 heteroatoms. The molecule has 0 bridgehead atoms. The summed E-state index contributed by atoms with van der Waals surface area (Å²) >= 11 is 7.54. The van der Waals surface area contributed by atoms with Gasteiger partial charge in [0.1, 0.15) is 0 Å². The van der Waals surface area contributed by atoms with Crippen molar-refractivity contribution >= 4 is 50.9 Å². The van der Waals surface area contributed by atoms with Crippen LogP contribution in [0.25, 0.3) is 0 Å². The lowest BCUT2D eigenvalue weighted by Crippen LogP contribution is -2.23. The average molecular weight is 519 g/mol. The van der Waals surface area contributed by atoms with E-state index < -0.39 is 28.5 Å². The lowest BCUT2D eigenvalue weighted by molar-refractivity contribution is -0.119. The van der Waals surface area contributed by atoms with Gasteiger partial charge in [0.25, 0.3) is 5.91 Å². The maximum atomic E-state index is 12.3. The number of hydrogen-bond acceptors (Lipinski definition) is 6. The third-order valence-electron chi connectivity index (χ3n) is 4.64. The highest BCUT2D eigenvalue weighted by Crippen LogP contribution is 2.24. The predicted molar refractivity (Wildman–Crippen MR) is 134 cm³/mol. The van der Waals surface area contributed by atoms with Crippen LogP contribution in [0.4, 0.5) is 5.69 Å². The zero-order valence-corrected chi connectivity index (χ0v) is 20.9. The number of nitrogens with one attached hydrogen (secondary N) is 1. The van der Waals surface area contributed by atoms with Gasteiger partial charge in [0.05, 0.1) is 10.5 Å². The molecule has 3 aromatic carbocycles. The number of anilines is 1. The fraction of sp³-hybridized carbons (Fsp3) is 0.167. The van der Waals surface area contributed by atoms with Crippen molar-refractivity contribution < 1.29 is 22.7 Å². The molecule has 0 fully saturated rings. The largest absolute Gasteiger partial charge is 0.452 e. The van der Waals surface area contributed by atoms with Crippen molar-refractivity contribution in [3.05, 3.63) is 88.9 Å². The van der Waals surface area contributed by atoms with Gasteiger partial charge < -0.3 is 10.1 Å². The van der Waals surface area contributed by atoms with Crippen molar-refractivity contribution in [1.82, 2.24) is 4.31 Å². The van der Waals surface area contributed by atoms with Gasteiger partial charge in [-0.15, -0.1) is 11.8 Å². The molecular formula is C24H23ClN2O5S2. The lowest BCUT2D eigenvalue weighted by atomic mass is 10.1. The molecule has 1 amide bonds. The molecule has 0 aromatic heterocycles. The molecule has 34 heavy (non-hydrogen) atoms. The Labute approximate surface area is 208 Å². The van der Waals surface area contributed by atoms with Gasteiger partial charge in [0.15, 0.2) is 6.61 Å². The van der Waals surface area contributed by atoms with Gasteiger partial charge >= 0.3 is 5.97 Å². The first-order valence-corrected chi connectivity index (χ1v) is 12.9. The van der Waals surface area contributed by atoms with Crippen molar-refractivity contribution in [2.24, 2.45) is 0 Å². The standard InChI is InChI=1S/C24H23ClN2O5S2/c1-27(2)34(30,31)22-5-3-4-20(14-22)26-23(28)15-32-24(29)18-8-6-17(7-9-18)16-33-21-12-10-19(25)11-13-21/h3-14H,15-16H2,1-2H3,(H,26,28). The molecule has 178 valence electrons. The third kappa shape index (κ3) is 7.07. The number of thioether (sulfide) groups is 1. The lowest BCUT2D eigenvalue weighted by Gasteiger charge is -2.12. The Morgan fingerprint density at radius 1 is 1.00 bits per heavy atom. The van der Waals surface area contributed by atoms with E-state index in [0.717, 1.165) is 20.5 Å². The molecular weight excluding hydrogens is 496 g/mol. The van der Waals surface area contributed by atoms with E-state index in [1.54, 1.807) is 30.0 Å². The molecule has 7 nitrogen and oxygen atoms in total. The summed E-state index contributed by atoms with van der Waals surface area (Å²) < 4.78 is 30.6. The molecule has 3 rings (SSSR count). The summed E-state index contributed by atoms with van der Waals surface area (Å²) in [6.45, 7) is -0.502. The average Bonchev–Trinajstić information content (AvgIpc) is 2.82. The Hall–Kier alpha value is -2.85. The summed E-state index contributed by atoms with van der Waals surface area (Å²) in [6.07, 6.45) is 0. The third-order valence-corrected chi connectivity index (χ3v) is 7.79. The second-order valence-electron chi connectivity index (χ2n) is 7.38. The van der Waals surface area contributed by atoms with E-state index in [4.69, 9.17) is 16.3 Å². The molecule has 0 aliphatic rings. The summed E-state index contributed by atoms with van der Waals surface area (Å²) in [5, 5.41) is 3.22. The summed E-state index contributed by atoms with van der Waals surface area (Å²) in [5.41, 5.74) is 1.64. The molecule has 0 heterocycles. The van der Waals surface area contributed by atoms with Crippen molar-refractivity contribution in [1.29, 1.82) is 0 Å². The highest BCUT2D eigenvalue weighted by Gasteiger charge is 2.18. The number of carbonyl (C=O) groups is 2. The molecule has 1 N–H and O–H groups in total. The van der Waals surface area contributed by atoms with Crippen molar-refractivity contribution in [2.45, 2.75) is 15.5 Å². The summed E-state index contributed by atoms with van der Waals surface area (Å²) in [6, 6.07) is 20.4. The highest BCUT2D eigenvalue weighted by atomic mass is 35.5. The van der Waals surface area contributed by atoms with E-state index >= 15 is 0 Å². The van der Waals surface area contributed by atoms with E-state index in [2.05, 4.69) is 5.32 Å². The minimum absolute atomic E-state index is 0.0432. The van der Waals surface area contributed by atoms with E-state index in [-0.39, 0.29) is 10.6 Å². The molecule has 0 aliphatic heterocycles. The fourth-order valence-corrected chi connectivity index (χ4v) is 4.72. The highest BCUT2D eigenvalue weighted by molar-refractivity contribution is 7.98. The zero-order chi connectivity index (χ0) is 24.7. The maximum absolute atomic E-state index is 12.3. The van der Waals surface area contributed by atoms with E-state index in [1.807, 2.05) is 36.4 Å². The monoisotopic (exact) mass is 518 g/mol. The van der Waals surface area contributed by atoms with Crippen molar-refractivity contribution in [2.75, 3.05) is 26.0 Å². The van der Waals surface area contributed by atoms with Crippen LogP contribution in [0.5, 0.6) is 0 Å². The number of rotatable bonds is 9. The van der Waals surface area contributed by atoms with E-state index in [9.17, 15) is 18.0 Å². The maximum Gasteiger partial charge on any atom is 0.338 e. The van der Waals surface area contributed by atoms with Crippen LogP contribution in [0, 0.1) is 0 Å². The Morgan fingerprint density at radius 2 is 1.68 bits per heavy atom. The number of amides is 1. The SMILES string of the molecule is CN(C)S(=O)(=O)c1cccc(NC(=O)COC(=O)c2ccc(CSc3ccc(Cl)cc3)cc2)c1. The topological polar surface area (TPSA) is 92.8 Å². The van der Waals surface area contributed by atoms with Crippen LogP contribution in [0.3, 0.4) is 0 Å². The van der Waals surface area contributed by atoms with E-state index in [1.165, 1.54) is 32.3 Å². The zero-order valence-electron chi connectivity index (χ0n) is 18.5. The summed E-state index contributed by atoms with van der Waals surface area (Å²) in [4.78, 5) is 25.6. The molecule has 0 unspecified atom stereocenters. The Kier molecular flexibility index (Phi) is 8.73. The van der Waals surface area contributed by atoms with Gasteiger partial charge in [-0.3, -0.25) is 4.79 Å². The summed E-state index contributed by atoms with van der Waals surface area (Å²) in [7, 11) is -0.789. The minimum atomic E-state index is -3.63. The van der Waals surface area contributed by atoms with Crippen molar-refractivity contribution in [3.8, 4) is 0 Å². The first-order valence-electron chi connectivity index (χ1n) is 10.1. The van der Waals surface area contributed by atoms with Crippen LogP contribution < -0.4 is 5.32 Å². The normalized spacial score (nSPS) is 11.3. The van der Waals surface area contributed by atoms with Crippen LogP contribution >= 0.6 is 23.4 Å². The van der Waals surface area contributed by atoms with Crippen LogP contribution in [0.15, 0.2) is 82.6 Å². The number of nitrogens with zero attached hydrogens (tertiary/aromatic N) is 1. The smallest absolute Gasteiger partial charge is 0.338 e. The molecule has 0 radical (unpaired) electrons. The number of ether oxygens (including phenoxy) is 1. The van der Waals surface area contributed by atoms with Gasteiger partial charge in [-0.1, -0.05) is 29.8 Å². The molecule has 0 saturated heterocycles. The molecule has 3 aromatic rings. The first kappa shape index (κ1) is 25.8. The number of carbonyl (C=O) groups excluding carboxylic acids is 2. The molecule has 0 aliphatic carbocycles. The van der Waals surface area contributed by atoms with Gasteiger partial charge in [-0.2, -0.15) is 0 Å².